The highest BCUT2D eigenvalue weighted by atomic mass is 16.2. The lowest BCUT2D eigenvalue weighted by Crippen LogP contribution is -2.37. The van der Waals surface area contributed by atoms with Crippen molar-refractivity contribution in [3.63, 3.8) is 0 Å². The highest BCUT2D eigenvalue weighted by molar-refractivity contribution is 6.44. The molecule has 0 heterocycles. The monoisotopic (exact) mass is 282 g/mol. The van der Waals surface area contributed by atoms with Crippen LogP contribution < -0.4 is 10.2 Å². The molecule has 1 N–H and O–H groups in total. The Morgan fingerprint density at radius 3 is 2.05 bits per heavy atom. The van der Waals surface area contributed by atoms with E-state index in [0.717, 1.165) is 11.1 Å². The summed E-state index contributed by atoms with van der Waals surface area (Å²) in [6.45, 7) is 3.79. The summed E-state index contributed by atoms with van der Waals surface area (Å²) in [4.78, 5) is 25.6. The van der Waals surface area contributed by atoms with Gasteiger partial charge in [0.1, 0.15) is 0 Å². The van der Waals surface area contributed by atoms with Crippen molar-refractivity contribution in [2.24, 2.45) is 0 Å². The molecule has 0 saturated heterocycles. The third kappa shape index (κ3) is 3.28. The van der Waals surface area contributed by atoms with Gasteiger partial charge in [0.2, 0.25) is 0 Å². The van der Waals surface area contributed by atoms with Crippen LogP contribution in [-0.4, -0.2) is 18.9 Å². The molecule has 2 aromatic carbocycles. The maximum absolute atomic E-state index is 12.2. The molecule has 0 radical (unpaired) electrons. The van der Waals surface area contributed by atoms with E-state index >= 15 is 0 Å². The quantitative estimate of drug-likeness (QED) is 0.861. The van der Waals surface area contributed by atoms with E-state index in [4.69, 9.17) is 0 Å². The molecule has 0 saturated carbocycles. The predicted octanol–water partition coefficient (Wildman–Crippen LogP) is 2.90. The van der Waals surface area contributed by atoms with Crippen LogP contribution in [0.15, 0.2) is 48.5 Å². The van der Waals surface area contributed by atoms with Gasteiger partial charge in [0.15, 0.2) is 0 Å². The summed E-state index contributed by atoms with van der Waals surface area (Å²) in [6, 6.07) is 14.8. The van der Waals surface area contributed by atoms with E-state index in [1.54, 1.807) is 19.2 Å². The lowest BCUT2D eigenvalue weighted by Gasteiger charge is -2.17. The molecule has 2 rings (SSSR count). The molecule has 0 fully saturated rings. The third-order valence-electron chi connectivity index (χ3n) is 3.36. The minimum atomic E-state index is -0.640. The largest absolute Gasteiger partial charge is 0.317 e. The molecule has 2 aromatic rings. The van der Waals surface area contributed by atoms with Crippen molar-refractivity contribution in [2.45, 2.75) is 13.8 Å². The molecule has 0 aliphatic heterocycles. The van der Waals surface area contributed by atoms with Gasteiger partial charge in [-0.05, 0) is 37.1 Å². The number of nitrogens with zero attached hydrogens (tertiary/aromatic N) is 1. The maximum Gasteiger partial charge on any atom is 0.316 e. The van der Waals surface area contributed by atoms with E-state index in [-0.39, 0.29) is 0 Å². The van der Waals surface area contributed by atoms with Crippen LogP contribution >= 0.6 is 0 Å². The highest BCUT2D eigenvalue weighted by Gasteiger charge is 2.20. The number of likely N-dealkylation sites (N-methyl/N-ethyl adjacent to an activating group) is 1. The molecular formula is C17H18N2O2. The van der Waals surface area contributed by atoms with Crippen LogP contribution in [0.1, 0.15) is 11.1 Å². The van der Waals surface area contributed by atoms with Crippen molar-refractivity contribution >= 4 is 23.2 Å². The van der Waals surface area contributed by atoms with E-state index in [1.807, 2.05) is 50.2 Å². The fourth-order valence-corrected chi connectivity index (χ4v) is 2.10. The van der Waals surface area contributed by atoms with Crippen LogP contribution in [0.4, 0.5) is 11.4 Å². The molecule has 4 nitrogen and oxygen atoms in total. The first-order valence-corrected chi connectivity index (χ1v) is 6.71. The van der Waals surface area contributed by atoms with Crippen LogP contribution in [0.25, 0.3) is 0 Å². The minimum absolute atomic E-state index is 0.594. The Balaban J connectivity index is 2.15. The van der Waals surface area contributed by atoms with E-state index in [0.29, 0.717) is 11.4 Å². The standard InChI is InChI=1S/C17H18N2O2/c1-12-8-7-9-13(2)15(12)18-16(20)17(21)19(3)14-10-5-4-6-11-14/h4-11H,1-3H3,(H,18,20). The number of para-hydroxylation sites is 2. The molecule has 108 valence electrons. The molecule has 0 unspecified atom stereocenters. The molecular weight excluding hydrogens is 264 g/mol. The van der Waals surface area contributed by atoms with Crippen LogP contribution in [0, 0.1) is 13.8 Å². The van der Waals surface area contributed by atoms with Gasteiger partial charge in [0.25, 0.3) is 0 Å². The average Bonchev–Trinajstić information content (AvgIpc) is 2.50. The number of carbonyl (C=O) groups excluding carboxylic acids is 2. The molecule has 0 bridgehead atoms. The van der Waals surface area contributed by atoms with E-state index in [1.165, 1.54) is 4.90 Å². The topological polar surface area (TPSA) is 49.4 Å². The normalized spacial score (nSPS) is 10.0. The molecule has 0 aliphatic rings. The first kappa shape index (κ1) is 14.8. The summed E-state index contributed by atoms with van der Waals surface area (Å²) in [6.07, 6.45) is 0. The Morgan fingerprint density at radius 2 is 1.48 bits per heavy atom. The van der Waals surface area contributed by atoms with E-state index < -0.39 is 11.8 Å². The molecule has 21 heavy (non-hydrogen) atoms. The lowest BCUT2D eigenvalue weighted by atomic mass is 10.1. The zero-order valence-corrected chi connectivity index (χ0v) is 12.4. The second kappa shape index (κ2) is 6.22. The number of rotatable bonds is 2. The SMILES string of the molecule is Cc1cccc(C)c1NC(=O)C(=O)N(C)c1ccccc1. The summed E-state index contributed by atoms with van der Waals surface area (Å²) in [5.74, 6) is -1.23. The number of anilines is 2. The molecule has 0 atom stereocenters. The van der Waals surface area contributed by atoms with Crippen LogP contribution in [-0.2, 0) is 9.59 Å². The maximum atomic E-state index is 12.2. The number of hydrogen-bond acceptors (Lipinski definition) is 2. The number of aryl methyl sites for hydroxylation is 2. The lowest BCUT2D eigenvalue weighted by molar-refractivity contribution is -0.134. The summed E-state index contributed by atoms with van der Waals surface area (Å²) in [5, 5.41) is 2.70. The second-order valence-corrected chi connectivity index (χ2v) is 4.92. The zero-order valence-electron chi connectivity index (χ0n) is 12.4. The van der Waals surface area contributed by atoms with Crippen molar-refractivity contribution in [2.75, 3.05) is 17.3 Å². The Labute approximate surface area is 124 Å². The molecule has 0 spiro atoms. The van der Waals surface area contributed by atoms with Gasteiger partial charge >= 0.3 is 11.8 Å². The van der Waals surface area contributed by atoms with E-state index in [2.05, 4.69) is 5.32 Å². The van der Waals surface area contributed by atoms with Gasteiger partial charge in [-0.3, -0.25) is 9.59 Å². The van der Waals surface area contributed by atoms with Gasteiger partial charge in [-0.25, -0.2) is 0 Å². The molecule has 2 amide bonds. The number of carbonyl (C=O) groups is 2. The number of nitrogens with one attached hydrogen (secondary N) is 1. The van der Waals surface area contributed by atoms with Gasteiger partial charge < -0.3 is 10.2 Å². The fraction of sp³-hybridized carbons (Fsp3) is 0.176. The van der Waals surface area contributed by atoms with Crippen LogP contribution in [0.3, 0.4) is 0 Å². The molecule has 0 aliphatic carbocycles. The molecule has 0 aromatic heterocycles. The van der Waals surface area contributed by atoms with Gasteiger partial charge in [-0.2, -0.15) is 0 Å². The van der Waals surface area contributed by atoms with Crippen LogP contribution in [0.5, 0.6) is 0 Å². The minimum Gasteiger partial charge on any atom is -0.317 e. The summed E-state index contributed by atoms with van der Waals surface area (Å²) >= 11 is 0. The number of amides is 2. The smallest absolute Gasteiger partial charge is 0.316 e. The van der Waals surface area contributed by atoms with Crippen molar-refractivity contribution in [1.82, 2.24) is 0 Å². The van der Waals surface area contributed by atoms with Crippen LogP contribution in [0.2, 0.25) is 0 Å². The highest BCUT2D eigenvalue weighted by Crippen LogP contribution is 2.20. The fourth-order valence-electron chi connectivity index (χ4n) is 2.10. The summed E-state index contributed by atoms with van der Waals surface area (Å²) in [5.41, 5.74) is 3.23. The van der Waals surface area contributed by atoms with Crippen molar-refractivity contribution in [3.05, 3.63) is 59.7 Å². The predicted molar refractivity (Wildman–Crippen MR) is 84.4 cm³/mol. The summed E-state index contributed by atoms with van der Waals surface area (Å²) in [7, 11) is 1.59. The Kier molecular flexibility index (Phi) is 4.38. The van der Waals surface area contributed by atoms with Crippen molar-refractivity contribution in [1.29, 1.82) is 0 Å². The van der Waals surface area contributed by atoms with Crippen molar-refractivity contribution in [3.8, 4) is 0 Å². The van der Waals surface area contributed by atoms with Gasteiger partial charge in [0, 0.05) is 18.4 Å². The van der Waals surface area contributed by atoms with Crippen molar-refractivity contribution < 1.29 is 9.59 Å². The Bertz CT molecular complexity index is 645. The van der Waals surface area contributed by atoms with E-state index in [9.17, 15) is 9.59 Å². The van der Waals surface area contributed by atoms with Gasteiger partial charge in [0.05, 0.1) is 0 Å². The average molecular weight is 282 g/mol. The first-order chi connectivity index (χ1) is 10.0. The van der Waals surface area contributed by atoms with Gasteiger partial charge in [-0.1, -0.05) is 36.4 Å². The Hall–Kier alpha value is -2.62. The second-order valence-electron chi connectivity index (χ2n) is 4.92. The third-order valence-corrected chi connectivity index (χ3v) is 3.36. The molecule has 4 heteroatoms. The first-order valence-electron chi connectivity index (χ1n) is 6.71. The zero-order chi connectivity index (χ0) is 15.4. The number of hydrogen-bond donors (Lipinski definition) is 1. The summed E-state index contributed by atoms with van der Waals surface area (Å²) < 4.78 is 0. The number of benzene rings is 2. The van der Waals surface area contributed by atoms with Gasteiger partial charge in [-0.15, -0.1) is 0 Å². The Morgan fingerprint density at radius 1 is 0.905 bits per heavy atom.